The highest BCUT2D eigenvalue weighted by Gasteiger charge is 2.22. The molecular formula is C24H21ClN2O4S. The van der Waals surface area contributed by atoms with E-state index < -0.39 is 9.84 Å². The Bertz CT molecular complexity index is 1380. The highest BCUT2D eigenvalue weighted by molar-refractivity contribution is 7.90. The van der Waals surface area contributed by atoms with Crippen molar-refractivity contribution in [2.45, 2.75) is 17.2 Å². The highest BCUT2D eigenvalue weighted by atomic mass is 35.5. The molecule has 0 atom stereocenters. The summed E-state index contributed by atoms with van der Waals surface area (Å²) in [4.78, 5) is 13.0. The van der Waals surface area contributed by atoms with E-state index in [2.05, 4.69) is 5.32 Å². The number of methoxy groups -OCH3 is 1. The zero-order valence-corrected chi connectivity index (χ0v) is 18.9. The molecule has 3 aromatic carbocycles. The highest BCUT2D eigenvalue weighted by Crippen LogP contribution is 2.30. The minimum atomic E-state index is -3.62. The molecule has 0 saturated heterocycles. The molecule has 0 spiro atoms. The lowest BCUT2D eigenvalue weighted by molar-refractivity contribution is -0.116. The van der Waals surface area contributed by atoms with Crippen molar-refractivity contribution >= 4 is 43.9 Å². The second-order valence-electron chi connectivity index (χ2n) is 7.28. The van der Waals surface area contributed by atoms with Crippen molar-refractivity contribution in [1.29, 1.82) is 0 Å². The molecule has 0 radical (unpaired) electrons. The summed E-state index contributed by atoms with van der Waals surface area (Å²) in [6.07, 6.45) is 1.53. The van der Waals surface area contributed by atoms with E-state index in [4.69, 9.17) is 16.3 Å². The van der Waals surface area contributed by atoms with Crippen molar-refractivity contribution in [3.63, 3.8) is 0 Å². The predicted octanol–water partition coefficient (Wildman–Crippen LogP) is 4.92. The minimum absolute atomic E-state index is 0.0724. The molecule has 0 unspecified atom stereocenters. The molecule has 0 aliphatic heterocycles. The lowest BCUT2D eigenvalue weighted by Gasteiger charge is -2.11. The Morgan fingerprint density at radius 1 is 1.03 bits per heavy atom. The van der Waals surface area contributed by atoms with Gasteiger partial charge in [0.25, 0.3) is 0 Å². The van der Waals surface area contributed by atoms with Crippen LogP contribution in [0.3, 0.4) is 0 Å². The van der Waals surface area contributed by atoms with Crippen LogP contribution in [-0.2, 0) is 26.9 Å². The van der Waals surface area contributed by atoms with Gasteiger partial charge in [0.1, 0.15) is 12.3 Å². The van der Waals surface area contributed by atoms with Gasteiger partial charge in [-0.1, -0.05) is 60.1 Å². The Morgan fingerprint density at radius 2 is 1.75 bits per heavy atom. The van der Waals surface area contributed by atoms with Gasteiger partial charge in [-0.15, -0.1) is 0 Å². The third kappa shape index (κ3) is 4.64. The fourth-order valence-corrected chi connectivity index (χ4v) is 5.34. The molecule has 1 amide bonds. The molecule has 164 valence electrons. The molecule has 0 fully saturated rings. The number of para-hydroxylation sites is 1. The zero-order chi connectivity index (χ0) is 22.7. The number of ether oxygens (including phenoxy) is 1. The third-order valence-corrected chi connectivity index (χ3v) is 6.98. The number of anilines is 1. The average Bonchev–Trinajstić information content (AvgIpc) is 3.14. The van der Waals surface area contributed by atoms with Gasteiger partial charge >= 0.3 is 0 Å². The smallest absolute Gasteiger partial charge is 0.244 e. The summed E-state index contributed by atoms with van der Waals surface area (Å²) in [5.41, 5.74) is 1.81. The second-order valence-corrected chi connectivity index (χ2v) is 9.67. The number of rotatable bonds is 7. The Labute approximate surface area is 191 Å². The first-order valence-electron chi connectivity index (χ1n) is 9.85. The number of halogens is 1. The van der Waals surface area contributed by atoms with E-state index in [1.807, 2.05) is 24.3 Å². The molecule has 8 heteroatoms. The van der Waals surface area contributed by atoms with Crippen molar-refractivity contribution in [3.8, 4) is 5.75 Å². The van der Waals surface area contributed by atoms with E-state index in [9.17, 15) is 13.2 Å². The van der Waals surface area contributed by atoms with Crippen molar-refractivity contribution in [2.24, 2.45) is 0 Å². The number of nitrogens with zero attached hydrogens (tertiary/aromatic N) is 1. The molecule has 0 bridgehead atoms. The number of amides is 1. The Kier molecular flexibility index (Phi) is 6.21. The van der Waals surface area contributed by atoms with E-state index in [1.54, 1.807) is 53.1 Å². The fraction of sp³-hybridized carbons (Fsp3) is 0.125. The molecule has 4 rings (SSSR count). The van der Waals surface area contributed by atoms with Crippen LogP contribution >= 0.6 is 11.6 Å². The lowest BCUT2D eigenvalue weighted by Crippen LogP contribution is -2.18. The molecular weight excluding hydrogens is 448 g/mol. The number of carbonyl (C=O) groups excluding carboxylic acids is 1. The van der Waals surface area contributed by atoms with Gasteiger partial charge in [-0.25, -0.2) is 8.42 Å². The number of hydrogen-bond donors (Lipinski definition) is 1. The monoisotopic (exact) mass is 468 g/mol. The van der Waals surface area contributed by atoms with Gasteiger partial charge < -0.3 is 14.6 Å². The normalized spacial score (nSPS) is 11.4. The molecule has 6 nitrogen and oxygen atoms in total. The molecule has 0 saturated carbocycles. The van der Waals surface area contributed by atoms with Crippen LogP contribution in [0.25, 0.3) is 10.9 Å². The van der Waals surface area contributed by atoms with Crippen LogP contribution in [0, 0.1) is 0 Å². The van der Waals surface area contributed by atoms with Crippen LogP contribution in [0.4, 0.5) is 5.69 Å². The van der Waals surface area contributed by atoms with Gasteiger partial charge in [0.15, 0.2) is 9.84 Å². The molecule has 0 aliphatic rings. The zero-order valence-electron chi connectivity index (χ0n) is 17.3. The van der Waals surface area contributed by atoms with E-state index >= 15 is 0 Å². The van der Waals surface area contributed by atoms with Crippen LogP contribution in [0.2, 0.25) is 5.02 Å². The summed E-state index contributed by atoms with van der Waals surface area (Å²) >= 11 is 6.04. The van der Waals surface area contributed by atoms with Gasteiger partial charge in [0.05, 0.1) is 23.4 Å². The molecule has 0 aliphatic carbocycles. The summed E-state index contributed by atoms with van der Waals surface area (Å²) in [7, 11) is -2.12. The quantitative estimate of drug-likeness (QED) is 0.418. The van der Waals surface area contributed by atoms with Gasteiger partial charge in [-0.3, -0.25) is 4.79 Å². The first-order chi connectivity index (χ1) is 15.4. The van der Waals surface area contributed by atoms with Gasteiger partial charge in [0.2, 0.25) is 5.91 Å². The molecule has 32 heavy (non-hydrogen) atoms. The largest absolute Gasteiger partial charge is 0.495 e. The van der Waals surface area contributed by atoms with Crippen molar-refractivity contribution < 1.29 is 17.9 Å². The second kappa shape index (κ2) is 9.06. The Morgan fingerprint density at radius 3 is 2.50 bits per heavy atom. The maximum atomic E-state index is 13.2. The first-order valence-corrected chi connectivity index (χ1v) is 11.9. The van der Waals surface area contributed by atoms with E-state index in [-0.39, 0.29) is 23.1 Å². The number of carbonyl (C=O) groups is 1. The standard InChI is InChI=1S/C24H21ClN2O4S/c1-31-22-12-11-18(25)13-20(22)26-24(28)15-27-14-23(19-9-5-6-10-21(19)27)32(29,30)16-17-7-3-2-4-8-17/h2-14H,15-16H2,1H3,(H,26,28). The topological polar surface area (TPSA) is 77.4 Å². The summed E-state index contributed by atoms with van der Waals surface area (Å²) in [5.74, 6) is 0.0258. The lowest BCUT2D eigenvalue weighted by atomic mass is 10.2. The maximum absolute atomic E-state index is 13.2. The van der Waals surface area contributed by atoms with Crippen molar-refractivity contribution in [1.82, 2.24) is 4.57 Å². The first kappa shape index (κ1) is 21.9. The molecule has 1 heterocycles. The average molecular weight is 469 g/mol. The number of fused-ring (bicyclic) bond motifs is 1. The number of aromatic nitrogens is 1. The molecule has 4 aromatic rings. The molecule has 1 N–H and O–H groups in total. The third-order valence-electron chi connectivity index (χ3n) is 5.04. The summed E-state index contributed by atoms with van der Waals surface area (Å²) in [6.45, 7) is -0.0724. The van der Waals surface area contributed by atoms with Crippen LogP contribution < -0.4 is 10.1 Å². The summed E-state index contributed by atoms with van der Waals surface area (Å²) in [5, 5.41) is 3.82. The van der Waals surface area contributed by atoms with E-state index in [0.29, 0.717) is 32.9 Å². The van der Waals surface area contributed by atoms with Gasteiger partial charge in [-0.2, -0.15) is 0 Å². The van der Waals surface area contributed by atoms with E-state index in [1.165, 1.54) is 13.3 Å². The summed E-state index contributed by atoms with van der Waals surface area (Å²) < 4.78 is 33.3. The SMILES string of the molecule is COc1ccc(Cl)cc1NC(=O)Cn1cc(S(=O)(=O)Cc2ccccc2)c2ccccc21. The van der Waals surface area contributed by atoms with Crippen LogP contribution in [0.1, 0.15) is 5.56 Å². The van der Waals surface area contributed by atoms with Crippen molar-refractivity contribution in [2.75, 3.05) is 12.4 Å². The Hall–Kier alpha value is -3.29. The van der Waals surface area contributed by atoms with Crippen LogP contribution in [-0.4, -0.2) is 26.0 Å². The van der Waals surface area contributed by atoms with Crippen molar-refractivity contribution in [3.05, 3.63) is 89.6 Å². The van der Waals surface area contributed by atoms with Crippen LogP contribution in [0.5, 0.6) is 5.75 Å². The summed E-state index contributed by atoms with van der Waals surface area (Å²) in [6, 6.07) is 21.1. The van der Waals surface area contributed by atoms with Gasteiger partial charge in [0, 0.05) is 22.1 Å². The van der Waals surface area contributed by atoms with Gasteiger partial charge in [-0.05, 0) is 29.8 Å². The number of sulfone groups is 1. The van der Waals surface area contributed by atoms with Crippen LogP contribution in [0.15, 0.2) is 83.9 Å². The minimum Gasteiger partial charge on any atom is -0.495 e. The number of hydrogen-bond acceptors (Lipinski definition) is 4. The molecule has 1 aromatic heterocycles. The maximum Gasteiger partial charge on any atom is 0.244 e. The number of benzene rings is 3. The van der Waals surface area contributed by atoms with E-state index in [0.717, 1.165) is 0 Å². The Balaban J connectivity index is 1.65. The predicted molar refractivity (Wildman–Crippen MR) is 126 cm³/mol. The fourth-order valence-electron chi connectivity index (χ4n) is 3.59. The number of nitrogens with one attached hydrogen (secondary N) is 1.